The summed E-state index contributed by atoms with van der Waals surface area (Å²) in [6, 6.07) is 3.69. The number of fused-ring (bicyclic) bond motifs is 1. The molecule has 1 aliphatic rings. The predicted octanol–water partition coefficient (Wildman–Crippen LogP) is 3.68. The predicted molar refractivity (Wildman–Crippen MR) is 64.8 cm³/mol. The third-order valence-electron chi connectivity index (χ3n) is 2.55. The quantitative estimate of drug-likeness (QED) is 0.806. The van der Waals surface area contributed by atoms with Gasteiger partial charge in [-0.2, -0.15) is 0 Å². The number of ketones is 1. The van der Waals surface area contributed by atoms with Gasteiger partial charge in [0.25, 0.3) is 0 Å². The molecule has 0 saturated heterocycles. The lowest BCUT2D eigenvalue weighted by Crippen LogP contribution is -2.08. The van der Waals surface area contributed by atoms with Crippen molar-refractivity contribution in [1.29, 1.82) is 0 Å². The second-order valence-electron chi connectivity index (χ2n) is 3.67. The van der Waals surface area contributed by atoms with Crippen LogP contribution in [0.4, 0.5) is 0 Å². The van der Waals surface area contributed by atoms with Gasteiger partial charge in [-0.25, -0.2) is 4.98 Å². The van der Waals surface area contributed by atoms with Crippen LogP contribution in [-0.2, 0) is 6.42 Å². The lowest BCUT2D eigenvalue weighted by molar-refractivity contribution is 0.0968. The average Bonchev–Trinajstić information content (AvgIpc) is 2.84. The third-order valence-corrected chi connectivity index (χ3v) is 4.11. The summed E-state index contributed by atoms with van der Waals surface area (Å²) in [5.74, 6) is 0.883. The van der Waals surface area contributed by atoms with Gasteiger partial charge in [-0.1, -0.05) is 0 Å². The molecule has 0 amide bonds. The minimum absolute atomic E-state index is 0.161. The number of hydrogen-bond acceptors (Lipinski definition) is 4. The number of halogens is 1. The monoisotopic (exact) mass is 297 g/mol. The Hall–Kier alpha value is -0.940. The van der Waals surface area contributed by atoms with E-state index in [9.17, 15) is 4.79 Å². The summed E-state index contributed by atoms with van der Waals surface area (Å²) < 4.78 is 6.12. The number of nitrogens with zero attached hydrogens (tertiary/aromatic N) is 1. The number of carbonyl (C=O) groups is 1. The van der Waals surface area contributed by atoms with E-state index in [0.717, 1.165) is 28.5 Å². The zero-order valence-electron chi connectivity index (χ0n) is 8.33. The van der Waals surface area contributed by atoms with Crippen molar-refractivity contribution < 1.29 is 9.21 Å². The number of aryl methyl sites for hydroxylation is 1. The lowest BCUT2D eigenvalue weighted by atomic mass is 10.0. The molecule has 16 heavy (non-hydrogen) atoms. The number of rotatable bonds is 1. The normalized spacial score (nSPS) is 15.2. The summed E-state index contributed by atoms with van der Waals surface area (Å²) in [4.78, 5) is 17.1. The molecule has 0 N–H and O–H groups in total. The Morgan fingerprint density at radius 3 is 2.94 bits per heavy atom. The molecule has 0 aromatic carbocycles. The van der Waals surface area contributed by atoms with E-state index >= 15 is 0 Å². The maximum absolute atomic E-state index is 11.6. The van der Waals surface area contributed by atoms with Crippen LogP contribution >= 0.6 is 27.3 Å². The van der Waals surface area contributed by atoms with Crippen LogP contribution in [0, 0.1) is 0 Å². The first-order valence-corrected chi connectivity index (χ1v) is 6.63. The molecule has 0 bridgehead atoms. The van der Waals surface area contributed by atoms with Crippen molar-refractivity contribution in [2.75, 3.05) is 0 Å². The molecular weight excluding hydrogens is 290 g/mol. The van der Waals surface area contributed by atoms with Gasteiger partial charge in [0.1, 0.15) is 5.69 Å². The molecular formula is C11H8BrNO2S. The maximum atomic E-state index is 11.6. The minimum Gasteiger partial charge on any atom is -0.447 e. The Kier molecular flexibility index (Phi) is 2.44. The van der Waals surface area contributed by atoms with E-state index in [1.807, 2.05) is 12.1 Å². The van der Waals surface area contributed by atoms with Crippen molar-refractivity contribution >= 4 is 33.0 Å². The molecule has 3 nitrogen and oxygen atoms in total. The van der Waals surface area contributed by atoms with Gasteiger partial charge < -0.3 is 4.42 Å². The number of furan rings is 1. The van der Waals surface area contributed by atoms with Crippen LogP contribution in [0.3, 0.4) is 0 Å². The van der Waals surface area contributed by atoms with Crippen molar-refractivity contribution in [3.63, 3.8) is 0 Å². The molecule has 5 heteroatoms. The third kappa shape index (κ3) is 1.64. The molecule has 0 fully saturated rings. The standard InChI is InChI=1S/C11H8BrNO2S/c12-9-5-4-7(15-9)11-13-10-6(14)2-1-3-8(10)16-11/h4-5H,1-3H2. The molecule has 2 aromatic heterocycles. The highest BCUT2D eigenvalue weighted by Gasteiger charge is 2.23. The SMILES string of the molecule is O=C1CCCc2sc(-c3ccc(Br)o3)nc21. The van der Waals surface area contributed by atoms with E-state index in [2.05, 4.69) is 20.9 Å². The topological polar surface area (TPSA) is 43.1 Å². The van der Waals surface area contributed by atoms with Crippen LogP contribution in [0.2, 0.25) is 0 Å². The Morgan fingerprint density at radius 1 is 1.38 bits per heavy atom. The molecule has 0 atom stereocenters. The number of hydrogen-bond donors (Lipinski definition) is 0. The molecule has 0 radical (unpaired) electrons. The van der Waals surface area contributed by atoms with E-state index in [4.69, 9.17) is 4.42 Å². The highest BCUT2D eigenvalue weighted by Crippen LogP contribution is 2.34. The summed E-state index contributed by atoms with van der Waals surface area (Å²) in [5.41, 5.74) is 0.652. The number of thiazole rings is 1. The molecule has 1 aliphatic carbocycles. The Bertz CT molecular complexity index is 558. The van der Waals surface area contributed by atoms with Gasteiger partial charge in [0.05, 0.1) is 0 Å². The molecule has 0 spiro atoms. The van der Waals surface area contributed by atoms with E-state index in [1.54, 1.807) is 11.3 Å². The second kappa shape index (κ2) is 3.82. The van der Waals surface area contributed by atoms with Gasteiger partial charge in [0.2, 0.25) is 0 Å². The summed E-state index contributed by atoms with van der Waals surface area (Å²) in [7, 11) is 0. The van der Waals surface area contributed by atoms with Gasteiger partial charge in [0.15, 0.2) is 21.2 Å². The average molecular weight is 298 g/mol. The summed E-state index contributed by atoms with van der Waals surface area (Å²) in [5, 5.41) is 0.797. The Morgan fingerprint density at radius 2 is 2.25 bits per heavy atom. The number of aromatic nitrogens is 1. The van der Waals surface area contributed by atoms with Crippen LogP contribution in [0.15, 0.2) is 21.2 Å². The fourth-order valence-electron chi connectivity index (χ4n) is 1.80. The summed E-state index contributed by atoms with van der Waals surface area (Å²) in [6.07, 6.45) is 2.52. The van der Waals surface area contributed by atoms with Crippen LogP contribution in [0.1, 0.15) is 28.2 Å². The molecule has 2 aromatic rings. The highest BCUT2D eigenvalue weighted by atomic mass is 79.9. The molecule has 2 heterocycles. The van der Waals surface area contributed by atoms with E-state index in [0.29, 0.717) is 16.8 Å². The smallest absolute Gasteiger partial charge is 0.182 e. The van der Waals surface area contributed by atoms with E-state index in [1.165, 1.54) is 0 Å². The van der Waals surface area contributed by atoms with Crippen molar-refractivity contribution in [3.8, 4) is 10.8 Å². The minimum atomic E-state index is 0.161. The van der Waals surface area contributed by atoms with E-state index < -0.39 is 0 Å². The molecule has 3 rings (SSSR count). The first kappa shape index (κ1) is 10.2. The largest absolute Gasteiger partial charge is 0.447 e. The van der Waals surface area contributed by atoms with Crippen molar-refractivity contribution in [2.24, 2.45) is 0 Å². The molecule has 82 valence electrons. The van der Waals surface area contributed by atoms with Crippen LogP contribution in [-0.4, -0.2) is 10.8 Å². The maximum Gasteiger partial charge on any atom is 0.182 e. The van der Waals surface area contributed by atoms with Gasteiger partial charge >= 0.3 is 0 Å². The van der Waals surface area contributed by atoms with Gasteiger partial charge in [-0.3, -0.25) is 4.79 Å². The zero-order valence-corrected chi connectivity index (χ0v) is 10.7. The fraction of sp³-hybridized carbons (Fsp3) is 0.273. The van der Waals surface area contributed by atoms with Crippen LogP contribution in [0.25, 0.3) is 10.8 Å². The number of Topliss-reactive ketones (excluding diaryl/α,β-unsaturated/α-hetero) is 1. The first-order chi connectivity index (χ1) is 7.74. The Balaban J connectivity index is 2.07. The van der Waals surface area contributed by atoms with Gasteiger partial charge in [0, 0.05) is 11.3 Å². The molecule has 0 aliphatic heterocycles. The van der Waals surface area contributed by atoms with Crippen LogP contribution < -0.4 is 0 Å². The Labute approximate surface area is 105 Å². The second-order valence-corrected chi connectivity index (χ2v) is 5.54. The summed E-state index contributed by atoms with van der Waals surface area (Å²) in [6.45, 7) is 0. The first-order valence-electron chi connectivity index (χ1n) is 5.02. The number of carbonyl (C=O) groups excluding carboxylic acids is 1. The lowest BCUT2D eigenvalue weighted by Gasteiger charge is -2.06. The summed E-state index contributed by atoms with van der Waals surface area (Å²) >= 11 is 4.82. The van der Waals surface area contributed by atoms with Crippen molar-refractivity contribution in [3.05, 3.63) is 27.4 Å². The van der Waals surface area contributed by atoms with Crippen LogP contribution in [0.5, 0.6) is 0 Å². The zero-order chi connectivity index (χ0) is 11.1. The molecule has 0 unspecified atom stereocenters. The van der Waals surface area contributed by atoms with E-state index in [-0.39, 0.29) is 5.78 Å². The van der Waals surface area contributed by atoms with Gasteiger partial charge in [-0.05, 0) is 40.9 Å². The van der Waals surface area contributed by atoms with Crippen molar-refractivity contribution in [1.82, 2.24) is 4.98 Å². The van der Waals surface area contributed by atoms with Crippen molar-refractivity contribution in [2.45, 2.75) is 19.3 Å². The molecule has 0 saturated carbocycles. The fourth-order valence-corrected chi connectivity index (χ4v) is 3.19. The van der Waals surface area contributed by atoms with Gasteiger partial charge in [-0.15, -0.1) is 11.3 Å². The highest BCUT2D eigenvalue weighted by molar-refractivity contribution is 9.10.